The fraction of sp³-hybridized carbons (Fsp3) is 0.222. The van der Waals surface area contributed by atoms with Crippen LogP contribution >= 0.6 is 0 Å². The predicted molar refractivity (Wildman–Crippen MR) is 125 cm³/mol. The summed E-state index contributed by atoms with van der Waals surface area (Å²) in [5.74, 6) is 0.642. The number of nitrogens with zero attached hydrogens (tertiary/aromatic N) is 1. The molecule has 0 atom stereocenters. The van der Waals surface area contributed by atoms with Crippen LogP contribution in [-0.2, 0) is 17.3 Å². The number of allylic oxidation sites excluding steroid dienone is 4. The van der Waals surface area contributed by atoms with E-state index in [9.17, 15) is 9.90 Å². The lowest BCUT2D eigenvalue weighted by molar-refractivity contribution is -0.111. The Labute approximate surface area is 182 Å². The van der Waals surface area contributed by atoms with E-state index < -0.39 is 5.41 Å². The molecule has 2 aromatic carbocycles. The number of aryl methyl sites for hydroxylation is 2. The predicted octanol–water partition coefficient (Wildman–Crippen LogP) is 5.81. The molecule has 0 amide bonds. The number of rotatable bonds is 5. The zero-order valence-corrected chi connectivity index (χ0v) is 18.6. The molecule has 0 radical (unpaired) electrons. The van der Waals surface area contributed by atoms with Crippen LogP contribution in [0, 0.1) is 6.92 Å². The monoisotopic (exact) mass is 413 g/mol. The molecule has 158 valence electrons. The molecule has 4 rings (SSSR count). The Hall–Kier alpha value is -3.53. The number of Topliss-reactive ketones (excluding diaryl/α,β-unsaturated/α-hetero) is 1. The number of benzene rings is 2. The second kappa shape index (κ2) is 7.31. The van der Waals surface area contributed by atoms with Crippen LogP contribution in [0.4, 0.5) is 0 Å². The minimum Gasteiger partial charge on any atom is -0.506 e. The van der Waals surface area contributed by atoms with Crippen molar-refractivity contribution < 1.29 is 14.6 Å². The Morgan fingerprint density at radius 1 is 1.19 bits per heavy atom. The molecule has 1 heterocycles. The van der Waals surface area contributed by atoms with Crippen LogP contribution in [0.25, 0.3) is 16.5 Å². The molecule has 0 fully saturated rings. The van der Waals surface area contributed by atoms with Crippen LogP contribution in [0.1, 0.15) is 30.5 Å². The van der Waals surface area contributed by atoms with Crippen molar-refractivity contribution >= 4 is 22.3 Å². The van der Waals surface area contributed by atoms with Gasteiger partial charge in [0.2, 0.25) is 5.78 Å². The summed E-state index contributed by atoms with van der Waals surface area (Å²) in [5, 5.41) is 11.8. The Morgan fingerprint density at radius 3 is 2.58 bits per heavy atom. The summed E-state index contributed by atoms with van der Waals surface area (Å²) in [4.78, 5) is 13.0. The lowest BCUT2D eigenvalue weighted by Crippen LogP contribution is -2.24. The number of hydrogen-bond acceptors (Lipinski definition) is 3. The summed E-state index contributed by atoms with van der Waals surface area (Å²) in [6.07, 6.45) is 3.61. The van der Waals surface area contributed by atoms with Crippen LogP contribution < -0.4 is 4.74 Å². The van der Waals surface area contributed by atoms with Crippen LogP contribution in [0.5, 0.6) is 5.75 Å². The summed E-state index contributed by atoms with van der Waals surface area (Å²) in [6.45, 7) is 10.4. The largest absolute Gasteiger partial charge is 0.506 e. The molecule has 1 N–H and O–H groups in total. The zero-order chi connectivity index (χ0) is 22.5. The average molecular weight is 414 g/mol. The summed E-state index contributed by atoms with van der Waals surface area (Å²) in [5.41, 5.74) is 4.93. The fourth-order valence-corrected chi connectivity index (χ4v) is 4.28. The minimum atomic E-state index is -0.443. The molecule has 0 spiro atoms. The maximum atomic E-state index is 13.0. The van der Waals surface area contributed by atoms with E-state index in [2.05, 4.69) is 20.4 Å². The SMILES string of the molecule is C=C(/C=C1\C(=O)C(c2cn(C)c3ccccc23)=C1O)C(C)(C)c1cc(OC)ccc1C. The molecule has 0 saturated carbocycles. The van der Waals surface area contributed by atoms with Crippen LogP contribution in [0.3, 0.4) is 0 Å². The number of aliphatic hydroxyl groups is 1. The van der Waals surface area contributed by atoms with E-state index in [1.54, 1.807) is 13.2 Å². The Bertz CT molecular complexity index is 1300. The lowest BCUT2D eigenvalue weighted by Gasteiger charge is -2.30. The van der Waals surface area contributed by atoms with E-state index in [-0.39, 0.29) is 11.5 Å². The molecule has 0 unspecified atom stereocenters. The quantitative estimate of drug-likeness (QED) is 0.537. The molecular formula is C27H27NO3. The standard InChI is InChI=1S/C27H27NO3/c1-16-11-12-18(31-6)14-22(16)27(3,4)17(2)13-20-25(29)24(26(20)30)21-15-28(5)23-10-8-7-9-19(21)23/h7-15,29H,2H2,1,3-6H3/b20-13-. The van der Waals surface area contributed by atoms with Gasteiger partial charge < -0.3 is 14.4 Å². The first-order valence-corrected chi connectivity index (χ1v) is 10.3. The van der Waals surface area contributed by atoms with Gasteiger partial charge in [-0.1, -0.05) is 44.7 Å². The van der Waals surface area contributed by atoms with Crippen molar-refractivity contribution in [1.29, 1.82) is 0 Å². The van der Waals surface area contributed by atoms with Gasteiger partial charge >= 0.3 is 0 Å². The van der Waals surface area contributed by atoms with Gasteiger partial charge in [-0.25, -0.2) is 0 Å². The molecule has 4 nitrogen and oxygen atoms in total. The van der Waals surface area contributed by atoms with Crippen molar-refractivity contribution in [3.05, 3.63) is 94.9 Å². The second-order valence-electron chi connectivity index (χ2n) is 8.61. The van der Waals surface area contributed by atoms with Crippen LogP contribution in [0.2, 0.25) is 0 Å². The number of ketones is 1. The highest BCUT2D eigenvalue weighted by atomic mass is 16.5. The topological polar surface area (TPSA) is 51.5 Å². The Balaban J connectivity index is 1.72. The van der Waals surface area contributed by atoms with Gasteiger partial charge in [-0.3, -0.25) is 4.79 Å². The van der Waals surface area contributed by atoms with Gasteiger partial charge in [0, 0.05) is 35.1 Å². The number of ether oxygens (including phenoxy) is 1. The van der Waals surface area contributed by atoms with E-state index in [1.807, 2.05) is 67.2 Å². The first-order chi connectivity index (χ1) is 14.7. The van der Waals surface area contributed by atoms with E-state index in [0.29, 0.717) is 11.1 Å². The van der Waals surface area contributed by atoms with E-state index >= 15 is 0 Å². The first-order valence-electron chi connectivity index (χ1n) is 10.3. The molecule has 3 aromatic rings. The number of aromatic nitrogens is 1. The van der Waals surface area contributed by atoms with Gasteiger partial charge in [-0.15, -0.1) is 0 Å². The van der Waals surface area contributed by atoms with Gasteiger partial charge in [0.25, 0.3) is 0 Å². The maximum absolute atomic E-state index is 13.0. The summed E-state index contributed by atoms with van der Waals surface area (Å²) >= 11 is 0. The van der Waals surface area contributed by atoms with Crippen LogP contribution in [-0.4, -0.2) is 22.6 Å². The molecule has 1 aliphatic rings. The average Bonchev–Trinajstić information content (AvgIpc) is 3.08. The van der Waals surface area contributed by atoms with Crippen molar-refractivity contribution in [2.45, 2.75) is 26.2 Å². The van der Waals surface area contributed by atoms with Gasteiger partial charge in [-0.05, 0) is 47.9 Å². The van der Waals surface area contributed by atoms with E-state index in [4.69, 9.17) is 4.74 Å². The van der Waals surface area contributed by atoms with Crippen molar-refractivity contribution in [3.8, 4) is 5.75 Å². The smallest absolute Gasteiger partial charge is 0.201 e. The van der Waals surface area contributed by atoms with Crippen LogP contribution in [0.15, 0.2) is 78.2 Å². The Morgan fingerprint density at radius 2 is 1.90 bits per heavy atom. The Kier molecular flexibility index (Phi) is 4.89. The third kappa shape index (κ3) is 3.19. The molecule has 4 heteroatoms. The maximum Gasteiger partial charge on any atom is 0.201 e. The number of aliphatic hydroxyl groups excluding tert-OH is 1. The van der Waals surface area contributed by atoms with Gasteiger partial charge in [0.15, 0.2) is 0 Å². The normalized spacial score (nSPS) is 15.5. The highest BCUT2D eigenvalue weighted by Gasteiger charge is 2.37. The van der Waals surface area contributed by atoms with Crippen molar-refractivity contribution in [3.63, 3.8) is 0 Å². The summed E-state index contributed by atoms with van der Waals surface area (Å²) in [6, 6.07) is 13.8. The third-order valence-electron chi connectivity index (χ3n) is 6.37. The number of para-hydroxylation sites is 1. The summed E-state index contributed by atoms with van der Waals surface area (Å²) < 4.78 is 7.35. The highest BCUT2D eigenvalue weighted by Crippen LogP contribution is 2.42. The van der Waals surface area contributed by atoms with E-state index in [1.165, 1.54) is 0 Å². The van der Waals surface area contributed by atoms with Crippen molar-refractivity contribution in [2.24, 2.45) is 7.05 Å². The number of carbonyl (C=O) groups is 1. The van der Waals surface area contributed by atoms with Gasteiger partial charge in [0.1, 0.15) is 11.5 Å². The lowest BCUT2D eigenvalue weighted by atomic mass is 9.74. The number of carbonyl (C=O) groups excluding carboxylic acids is 1. The first kappa shape index (κ1) is 20.7. The molecule has 31 heavy (non-hydrogen) atoms. The fourth-order valence-electron chi connectivity index (χ4n) is 4.28. The third-order valence-corrected chi connectivity index (χ3v) is 6.37. The molecule has 1 aliphatic carbocycles. The molecular weight excluding hydrogens is 386 g/mol. The molecule has 0 saturated heterocycles. The highest BCUT2D eigenvalue weighted by molar-refractivity contribution is 6.40. The molecule has 1 aromatic heterocycles. The van der Waals surface area contributed by atoms with E-state index in [0.717, 1.165) is 38.9 Å². The van der Waals surface area contributed by atoms with Gasteiger partial charge in [0.05, 0.1) is 18.3 Å². The molecule has 0 bridgehead atoms. The van der Waals surface area contributed by atoms with Gasteiger partial charge in [-0.2, -0.15) is 0 Å². The minimum absolute atomic E-state index is 0.0284. The summed E-state index contributed by atoms with van der Waals surface area (Å²) in [7, 11) is 3.58. The number of fused-ring (bicyclic) bond motifs is 1. The number of hydrogen-bond donors (Lipinski definition) is 1. The van der Waals surface area contributed by atoms with Crippen molar-refractivity contribution in [2.75, 3.05) is 7.11 Å². The van der Waals surface area contributed by atoms with Crippen molar-refractivity contribution in [1.82, 2.24) is 4.57 Å². The number of methoxy groups -OCH3 is 1. The molecule has 0 aliphatic heterocycles. The second-order valence-corrected chi connectivity index (χ2v) is 8.61. The zero-order valence-electron chi connectivity index (χ0n) is 18.6.